The molecule has 8 heteroatoms. The summed E-state index contributed by atoms with van der Waals surface area (Å²) in [4.78, 5) is 22.2. The van der Waals surface area contributed by atoms with Crippen LogP contribution in [0.15, 0.2) is 11.1 Å². The number of Topliss-reactive ketones (excluding diaryl/α,β-unsaturated/α-hetero) is 2. The van der Waals surface area contributed by atoms with Crippen LogP contribution in [-0.2, 0) is 31.7 Å². The van der Waals surface area contributed by atoms with Gasteiger partial charge in [-0.25, -0.2) is 0 Å². The van der Waals surface area contributed by atoms with Crippen LogP contribution in [0, 0.1) is 0 Å². The molecule has 0 amide bonds. The predicted molar refractivity (Wildman–Crippen MR) is 56.0 cm³/mol. The molecule has 0 rings (SSSR count). The Morgan fingerprint density at radius 2 is 1.25 bits per heavy atom. The van der Waals surface area contributed by atoms with Gasteiger partial charge in [0, 0.05) is 11.5 Å². The van der Waals surface area contributed by atoms with Crippen molar-refractivity contribution in [2.45, 2.75) is 13.8 Å². The van der Waals surface area contributed by atoms with Crippen LogP contribution in [0.1, 0.15) is 13.8 Å². The number of hydrogen-bond acceptors (Lipinski definition) is 6. The first-order valence-corrected chi connectivity index (χ1v) is 6.60. The van der Waals surface area contributed by atoms with Gasteiger partial charge in [0.05, 0.1) is 5.57 Å². The molecule has 2 unspecified atom stereocenters. The first-order chi connectivity index (χ1) is 7.25. The van der Waals surface area contributed by atoms with Crippen molar-refractivity contribution in [1.82, 2.24) is 0 Å². The highest BCUT2D eigenvalue weighted by molar-refractivity contribution is 7.80. The Hall–Kier alpha value is -0.700. The zero-order chi connectivity index (χ0) is 12.9. The molecule has 16 heavy (non-hydrogen) atoms. The van der Waals surface area contributed by atoms with Crippen molar-refractivity contribution in [1.29, 1.82) is 0 Å². The van der Waals surface area contributed by atoms with E-state index in [0.717, 1.165) is 13.8 Å². The molecule has 0 heterocycles. The summed E-state index contributed by atoms with van der Waals surface area (Å²) in [6.07, 6.45) is 0. The molecule has 0 fully saturated rings. The highest BCUT2D eigenvalue weighted by atomic mass is 32.2. The van der Waals surface area contributed by atoms with Gasteiger partial charge < -0.3 is 9.11 Å². The quantitative estimate of drug-likeness (QED) is 0.269. The molecule has 6 nitrogen and oxygen atoms in total. The van der Waals surface area contributed by atoms with Crippen molar-refractivity contribution < 1.29 is 27.1 Å². The van der Waals surface area contributed by atoms with E-state index in [2.05, 4.69) is 0 Å². The van der Waals surface area contributed by atoms with Crippen molar-refractivity contribution in [3.05, 3.63) is 11.1 Å². The van der Waals surface area contributed by atoms with Gasteiger partial charge in [0.25, 0.3) is 0 Å². The highest BCUT2D eigenvalue weighted by Gasteiger charge is 2.16. The minimum absolute atomic E-state index is 0.193. The summed E-state index contributed by atoms with van der Waals surface area (Å²) in [5, 5.41) is 0. The lowest BCUT2D eigenvalue weighted by Gasteiger charge is -2.14. The fraction of sp³-hybridized carbons (Fsp3) is 0.500. The number of allylic oxidation sites excluding steroid dienone is 1. The SMILES string of the molecule is CC(=O)C(C(C)=O)=C(CS(=O)[O-])CS(=O)[O-]. The van der Waals surface area contributed by atoms with E-state index >= 15 is 0 Å². The standard InChI is InChI=1S/C8H12O6S2/c1-5(9)8(6(2)10)7(3-15(11)12)4-16(13)14/h3-4H2,1-2H3,(H,11,12)(H,13,14)/p-2. The maximum absolute atomic E-state index is 11.1. The zero-order valence-corrected chi connectivity index (χ0v) is 10.3. The summed E-state index contributed by atoms with van der Waals surface area (Å²) in [6, 6.07) is 0. The van der Waals surface area contributed by atoms with Crippen LogP contribution in [0.5, 0.6) is 0 Å². The van der Waals surface area contributed by atoms with Crippen molar-refractivity contribution >= 4 is 33.7 Å². The second-order valence-corrected chi connectivity index (χ2v) is 4.78. The Bertz CT molecular complexity index is 350. The maximum Gasteiger partial charge on any atom is 0.163 e. The van der Waals surface area contributed by atoms with Crippen molar-refractivity contribution in [3.8, 4) is 0 Å². The molecule has 0 aromatic heterocycles. The first-order valence-electron chi connectivity index (χ1n) is 4.11. The van der Waals surface area contributed by atoms with Gasteiger partial charge in [0.1, 0.15) is 0 Å². The van der Waals surface area contributed by atoms with Crippen LogP contribution >= 0.6 is 0 Å². The summed E-state index contributed by atoms with van der Waals surface area (Å²) in [5.41, 5.74) is -0.546. The zero-order valence-electron chi connectivity index (χ0n) is 8.68. The monoisotopic (exact) mass is 266 g/mol. The Morgan fingerprint density at radius 1 is 0.938 bits per heavy atom. The predicted octanol–water partition coefficient (Wildman–Crippen LogP) is -0.781. The normalized spacial score (nSPS) is 14.0. The second kappa shape index (κ2) is 6.79. The molecule has 0 aromatic rings. The Labute approximate surface area is 97.7 Å². The number of carbonyl (C=O) groups is 2. The van der Waals surface area contributed by atoms with Crippen LogP contribution in [0.4, 0.5) is 0 Å². The smallest absolute Gasteiger partial charge is 0.163 e. The Kier molecular flexibility index (Phi) is 6.49. The van der Waals surface area contributed by atoms with Gasteiger partial charge in [0.15, 0.2) is 11.6 Å². The molecule has 0 aliphatic heterocycles. The lowest BCUT2D eigenvalue weighted by molar-refractivity contribution is -0.119. The molecular formula is C8H10O6S2-2. The summed E-state index contributed by atoms with van der Waals surface area (Å²) < 4.78 is 41.9. The highest BCUT2D eigenvalue weighted by Crippen LogP contribution is 2.10. The minimum atomic E-state index is -2.55. The van der Waals surface area contributed by atoms with E-state index in [-0.39, 0.29) is 11.1 Å². The molecule has 92 valence electrons. The largest absolute Gasteiger partial charge is 0.772 e. The molecule has 0 saturated heterocycles. The van der Waals surface area contributed by atoms with E-state index in [0.29, 0.717) is 0 Å². The lowest BCUT2D eigenvalue weighted by atomic mass is 10.0. The average molecular weight is 266 g/mol. The van der Waals surface area contributed by atoms with E-state index in [1.54, 1.807) is 0 Å². The number of hydrogen-bond donors (Lipinski definition) is 0. The molecule has 0 aliphatic carbocycles. The van der Waals surface area contributed by atoms with Crippen molar-refractivity contribution in [3.63, 3.8) is 0 Å². The molecule has 0 aromatic carbocycles. The lowest BCUT2D eigenvalue weighted by Crippen LogP contribution is -2.18. The number of carbonyl (C=O) groups excluding carboxylic acids is 2. The van der Waals surface area contributed by atoms with Gasteiger partial charge in [-0.05, 0) is 19.4 Å². The molecule has 0 spiro atoms. The third-order valence-corrected chi connectivity index (χ3v) is 2.81. The van der Waals surface area contributed by atoms with E-state index in [4.69, 9.17) is 0 Å². The van der Waals surface area contributed by atoms with Gasteiger partial charge in [-0.1, -0.05) is 22.2 Å². The fourth-order valence-electron chi connectivity index (χ4n) is 1.22. The van der Waals surface area contributed by atoms with Crippen molar-refractivity contribution in [2.75, 3.05) is 11.5 Å². The summed E-state index contributed by atoms with van der Waals surface area (Å²) in [6.45, 7) is 2.16. The minimum Gasteiger partial charge on any atom is -0.772 e. The van der Waals surface area contributed by atoms with Gasteiger partial charge in [-0.15, -0.1) is 0 Å². The van der Waals surface area contributed by atoms with E-state index in [1.165, 1.54) is 0 Å². The number of ketones is 2. The van der Waals surface area contributed by atoms with Gasteiger partial charge in [-0.2, -0.15) is 0 Å². The van der Waals surface area contributed by atoms with Crippen LogP contribution in [0.2, 0.25) is 0 Å². The molecule has 0 saturated carbocycles. The summed E-state index contributed by atoms with van der Waals surface area (Å²) in [7, 11) is 0. The van der Waals surface area contributed by atoms with Crippen LogP contribution in [-0.4, -0.2) is 40.6 Å². The van der Waals surface area contributed by atoms with Crippen LogP contribution in [0.25, 0.3) is 0 Å². The van der Waals surface area contributed by atoms with Gasteiger partial charge >= 0.3 is 0 Å². The molecule has 0 bridgehead atoms. The Morgan fingerprint density at radius 3 is 1.44 bits per heavy atom. The average Bonchev–Trinajstić information content (AvgIpc) is 1.98. The topological polar surface area (TPSA) is 114 Å². The molecule has 0 aliphatic rings. The van der Waals surface area contributed by atoms with Gasteiger partial charge in [0.2, 0.25) is 0 Å². The second-order valence-electron chi connectivity index (χ2n) is 2.99. The van der Waals surface area contributed by atoms with Crippen molar-refractivity contribution in [2.24, 2.45) is 0 Å². The summed E-state index contributed by atoms with van der Waals surface area (Å²) in [5.74, 6) is -2.55. The van der Waals surface area contributed by atoms with E-state index < -0.39 is 45.2 Å². The molecule has 0 N–H and O–H groups in total. The molecule has 2 atom stereocenters. The molecular weight excluding hydrogens is 256 g/mol. The third kappa shape index (κ3) is 5.40. The maximum atomic E-state index is 11.1. The third-order valence-electron chi connectivity index (χ3n) is 1.64. The first kappa shape index (κ1) is 15.3. The van der Waals surface area contributed by atoms with Crippen LogP contribution < -0.4 is 0 Å². The van der Waals surface area contributed by atoms with Crippen LogP contribution in [0.3, 0.4) is 0 Å². The fourth-order valence-corrected chi connectivity index (χ4v) is 2.41. The van der Waals surface area contributed by atoms with E-state index in [1.807, 2.05) is 0 Å². The summed E-state index contributed by atoms with van der Waals surface area (Å²) >= 11 is -5.10. The Balaban J connectivity index is 5.43. The van der Waals surface area contributed by atoms with E-state index in [9.17, 15) is 27.1 Å². The molecule has 0 radical (unpaired) electrons. The number of rotatable bonds is 6. The van der Waals surface area contributed by atoms with Gasteiger partial charge in [-0.3, -0.25) is 18.0 Å².